The highest BCUT2D eigenvalue weighted by Crippen LogP contribution is 2.29. The smallest absolute Gasteiger partial charge is 0.228 e. The van der Waals surface area contributed by atoms with Gasteiger partial charge in [0.05, 0.1) is 16.6 Å². The summed E-state index contributed by atoms with van der Waals surface area (Å²) < 4.78 is 0. The summed E-state index contributed by atoms with van der Waals surface area (Å²) in [5, 5.41) is 0.733. The topological polar surface area (TPSA) is 43.9 Å². The number of hydrogen-bond acceptors (Lipinski definition) is 4. The predicted octanol–water partition coefficient (Wildman–Crippen LogP) is 3.76. The number of carbonyl (C=O) groups is 2. The molecule has 2 amide bonds. The summed E-state index contributed by atoms with van der Waals surface area (Å²) in [5.41, 5.74) is 1.88. The number of carbonyl (C=O) groups excluding carboxylic acids is 2. The van der Waals surface area contributed by atoms with Crippen molar-refractivity contribution in [3.63, 3.8) is 0 Å². The van der Waals surface area contributed by atoms with E-state index in [0.717, 1.165) is 34.4 Å². The number of nitrogens with zero attached hydrogens (tertiary/aromatic N) is 3. The lowest BCUT2D eigenvalue weighted by atomic mass is 10.1. The Hall–Kier alpha value is -2.18. The third kappa shape index (κ3) is 4.23. The molecule has 0 spiro atoms. The molecule has 2 fully saturated rings. The number of rotatable bonds is 4. The number of benzene rings is 2. The van der Waals surface area contributed by atoms with Crippen LogP contribution in [0, 0.1) is 5.92 Å². The van der Waals surface area contributed by atoms with Gasteiger partial charge >= 0.3 is 0 Å². The molecule has 0 saturated carbocycles. The Morgan fingerprint density at radius 2 is 1.72 bits per heavy atom. The maximum Gasteiger partial charge on any atom is 0.228 e. The number of thioether (sulfide) groups is 1. The maximum atomic E-state index is 13.0. The number of piperazine rings is 1. The number of amides is 2. The van der Waals surface area contributed by atoms with Crippen LogP contribution in [0.4, 0.5) is 11.4 Å². The van der Waals surface area contributed by atoms with Gasteiger partial charge in [-0.3, -0.25) is 9.59 Å². The van der Waals surface area contributed by atoms with Gasteiger partial charge in [0, 0.05) is 49.7 Å². The first-order valence-corrected chi connectivity index (χ1v) is 11.4. The quantitative estimate of drug-likeness (QED) is 0.694. The van der Waals surface area contributed by atoms with E-state index in [-0.39, 0.29) is 24.2 Å². The van der Waals surface area contributed by atoms with Crippen molar-refractivity contribution in [3.8, 4) is 0 Å². The number of anilines is 2. The molecule has 5 nitrogen and oxygen atoms in total. The molecule has 2 heterocycles. The molecule has 0 unspecified atom stereocenters. The fourth-order valence-corrected chi connectivity index (χ4v) is 4.68. The van der Waals surface area contributed by atoms with Crippen LogP contribution in [-0.4, -0.2) is 55.7 Å². The molecular formula is C22H24ClN3O2S. The van der Waals surface area contributed by atoms with Crippen LogP contribution >= 0.6 is 23.4 Å². The van der Waals surface area contributed by atoms with Gasteiger partial charge in [-0.15, -0.1) is 11.8 Å². The van der Waals surface area contributed by atoms with Crippen LogP contribution < -0.4 is 9.80 Å². The molecule has 2 aromatic carbocycles. The van der Waals surface area contributed by atoms with Crippen LogP contribution in [0.1, 0.15) is 6.42 Å². The molecule has 0 radical (unpaired) electrons. The van der Waals surface area contributed by atoms with Crippen molar-refractivity contribution in [2.24, 2.45) is 5.92 Å². The van der Waals surface area contributed by atoms with Gasteiger partial charge in [0.25, 0.3) is 0 Å². The first kappa shape index (κ1) is 20.1. The molecule has 4 rings (SSSR count). The van der Waals surface area contributed by atoms with Crippen LogP contribution in [-0.2, 0) is 9.59 Å². The average molecular weight is 430 g/mol. The molecule has 0 aliphatic carbocycles. The van der Waals surface area contributed by atoms with E-state index in [1.54, 1.807) is 16.7 Å². The second-order valence-corrected chi connectivity index (χ2v) is 8.65. The van der Waals surface area contributed by atoms with Crippen molar-refractivity contribution in [2.45, 2.75) is 11.3 Å². The molecule has 2 saturated heterocycles. The van der Waals surface area contributed by atoms with Gasteiger partial charge in [0.1, 0.15) is 0 Å². The van der Waals surface area contributed by atoms with Crippen molar-refractivity contribution in [2.75, 3.05) is 48.8 Å². The third-order valence-electron chi connectivity index (χ3n) is 5.64. The Morgan fingerprint density at radius 1 is 1.03 bits per heavy atom. The SMILES string of the molecule is CSc1ccc(N2C[C@@H](C(=O)N3CCN(c4ccccc4Cl)CC3)CC2=O)cc1. The largest absolute Gasteiger partial charge is 0.367 e. The summed E-state index contributed by atoms with van der Waals surface area (Å²) in [6.07, 6.45) is 2.31. The van der Waals surface area contributed by atoms with Crippen molar-refractivity contribution in [3.05, 3.63) is 53.6 Å². The summed E-state index contributed by atoms with van der Waals surface area (Å²) in [6.45, 7) is 3.25. The average Bonchev–Trinajstić information content (AvgIpc) is 3.15. The second-order valence-electron chi connectivity index (χ2n) is 7.37. The summed E-state index contributed by atoms with van der Waals surface area (Å²) in [7, 11) is 0. The first-order chi connectivity index (χ1) is 14.1. The fourth-order valence-electron chi connectivity index (χ4n) is 4.02. The van der Waals surface area contributed by atoms with Crippen molar-refractivity contribution < 1.29 is 9.59 Å². The van der Waals surface area contributed by atoms with E-state index in [2.05, 4.69) is 4.90 Å². The Kier molecular flexibility index (Phi) is 6.01. The van der Waals surface area contributed by atoms with Gasteiger partial charge in [-0.1, -0.05) is 23.7 Å². The molecule has 0 aromatic heterocycles. The zero-order chi connectivity index (χ0) is 20.4. The lowest BCUT2D eigenvalue weighted by molar-refractivity contribution is -0.136. The van der Waals surface area contributed by atoms with Crippen LogP contribution in [0.3, 0.4) is 0 Å². The maximum absolute atomic E-state index is 13.0. The zero-order valence-corrected chi connectivity index (χ0v) is 18.0. The minimum absolute atomic E-state index is 0.0231. The van der Waals surface area contributed by atoms with Gasteiger partial charge in [0.15, 0.2) is 0 Å². The van der Waals surface area contributed by atoms with Crippen LogP contribution in [0.2, 0.25) is 5.02 Å². The minimum Gasteiger partial charge on any atom is -0.367 e. The van der Waals surface area contributed by atoms with Gasteiger partial charge in [0.2, 0.25) is 11.8 Å². The van der Waals surface area contributed by atoms with Gasteiger partial charge in [-0.2, -0.15) is 0 Å². The van der Waals surface area contributed by atoms with E-state index < -0.39 is 0 Å². The summed E-state index contributed by atoms with van der Waals surface area (Å²) in [4.78, 5) is 32.6. The van der Waals surface area contributed by atoms with Crippen molar-refractivity contribution >= 4 is 46.6 Å². The first-order valence-electron chi connectivity index (χ1n) is 9.79. The van der Waals surface area contributed by atoms with E-state index in [1.165, 1.54) is 0 Å². The van der Waals surface area contributed by atoms with E-state index in [0.29, 0.717) is 19.6 Å². The molecular weight excluding hydrogens is 406 g/mol. The Bertz CT molecular complexity index is 897. The molecule has 29 heavy (non-hydrogen) atoms. The predicted molar refractivity (Wildman–Crippen MR) is 119 cm³/mol. The number of halogens is 1. The third-order valence-corrected chi connectivity index (χ3v) is 6.71. The van der Waals surface area contributed by atoms with Crippen LogP contribution in [0.15, 0.2) is 53.4 Å². The van der Waals surface area contributed by atoms with Gasteiger partial charge in [-0.25, -0.2) is 0 Å². The van der Waals surface area contributed by atoms with E-state index in [9.17, 15) is 9.59 Å². The Labute approximate surface area is 180 Å². The summed E-state index contributed by atoms with van der Waals surface area (Å²) in [6, 6.07) is 15.7. The van der Waals surface area contributed by atoms with Gasteiger partial charge in [-0.05, 0) is 42.7 Å². The highest BCUT2D eigenvalue weighted by molar-refractivity contribution is 7.98. The Morgan fingerprint density at radius 3 is 2.38 bits per heavy atom. The summed E-state index contributed by atoms with van der Waals surface area (Å²) >= 11 is 7.97. The fraction of sp³-hybridized carbons (Fsp3) is 0.364. The van der Waals surface area contributed by atoms with E-state index in [1.807, 2.05) is 59.7 Å². The van der Waals surface area contributed by atoms with Gasteiger partial charge < -0.3 is 14.7 Å². The highest BCUT2D eigenvalue weighted by Gasteiger charge is 2.38. The van der Waals surface area contributed by atoms with Crippen molar-refractivity contribution in [1.29, 1.82) is 0 Å². The molecule has 0 N–H and O–H groups in total. The molecule has 2 aliphatic heterocycles. The second kappa shape index (κ2) is 8.67. The van der Waals surface area contributed by atoms with Crippen LogP contribution in [0.5, 0.6) is 0 Å². The highest BCUT2D eigenvalue weighted by atomic mass is 35.5. The molecule has 0 bridgehead atoms. The molecule has 152 valence electrons. The summed E-state index contributed by atoms with van der Waals surface area (Å²) in [5.74, 6) is -0.162. The molecule has 1 atom stereocenters. The zero-order valence-electron chi connectivity index (χ0n) is 16.4. The Balaban J connectivity index is 1.37. The minimum atomic E-state index is -0.269. The molecule has 2 aliphatic rings. The standard InChI is InChI=1S/C22H24ClN3O2S/c1-29-18-8-6-17(7-9-18)26-15-16(14-21(26)27)22(28)25-12-10-24(11-13-25)20-5-3-2-4-19(20)23/h2-9,16H,10-15H2,1H3/t16-/m0/s1. The molecule has 7 heteroatoms. The lowest BCUT2D eigenvalue weighted by Crippen LogP contribution is -2.50. The van der Waals surface area contributed by atoms with Crippen molar-refractivity contribution in [1.82, 2.24) is 4.90 Å². The van der Waals surface area contributed by atoms with E-state index >= 15 is 0 Å². The van der Waals surface area contributed by atoms with E-state index in [4.69, 9.17) is 11.6 Å². The monoisotopic (exact) mass is 429 g/mol. The number of para-hydroxylation sites is 1. The molecule has 2 aromatic rings. The normalized spacial score (nSPS) is 19.7. The van der Waals surface area contributed by atoms with Crippen LogP contribution in [0.25, 0.3) is 0 Å². The lowest BCUT2D eigenvalue weighted by Gasteiger charge is -2.37. The number of hydrogen-bond donors (Lipinski definition) is 0.